The van der Waals surface area contributed by atoms with Gasteiger partial charge in [-0.1, -0.05) is 6.08 Å². The van der Waals surface area contributed by atoms with Crippen molar-refractivity contribution >= 4 is 17.8 Å². The fourth-order valence-electron chi connectivity index (χ4n) is 4.74. The number of aromatic nitrogens is 2. The monoisotopic (exact) mass is 487 g/mol. The van der Waals surface area contributed by atoms with E-state index in [4.69, 9.17) is 14.6 Å². The van der Waals surface area contributed by atoms with Crippen LogP contribution in [0.5, 0.6) is 0 Å². The minimum atomic E-state index is -0.700. The molecule has 1 unspecified atom stereocenters. The van der Waals surface area contributed by atoms with Gasteiger partial charge in [-0.3, -0.25) is 4.68 Å². The van der Waals surface area contributed by atoms with Crippen molar-refractivity contribution in [3.63, 3.8) is 0 Å². The van der Waals surface area contributed by atoms with Crippen LogP contribution in [0.2, 0.25) is 0 Å². The number of carbonyl (C=O) groups excluding carboxylic acids is 2. The Labute approximate surface area is 208 Å². The standard InChI is InChI=1S/C27H41N3O5/c1-26(2,3)34-24(32)29(25(33)35-27(4,5)6)15-17-13-20(14-17)30-16-22(23(28-30)19-7-8-19)18-9-11-21(31)12-10-18/h9,16-17,19-21,31H,7-8,10-15H2,1-6H3. The van der Waals surface area contributed by atoms with Crippen LogP contribution in [0.25, 0.3) is 5.57 Å². The lowest BCUT2D eigenvalue weighted by atomic mass is 9.80. The van der Waals surface area contributed by atoms with Crippen LogP contribution < -0.4 is 0 Å². The van der Waals surface area contributed by atoms with Gasteiger partial charge in [-0.05, 0) is 98.0 Å². The molecule has 0 radical (unpaired) electrons. The Bertz CT molecular complexity index is 946. The van der Waals surface area contributed by atoms with E-state index >= 15 is 0 Å². The number of ether oxygens (including phenoxy) is 2. The van der Waals surface area contributed by atoms with Crippen LogP contribution in [0.1, 0.15) is 110 Å². The molecule has 0 spiro atoms. The molecule has 1 N–H and O–H groups in total. The van der Waals surface area contributed by atoms with Gasteiger partial charge in [0.2, 0.25) is 0 Å². The van der Waals surface area contributed by atoms with Crippen molar-refractivity contribution in [1.29, 1.82) is 0 Å². The molecule has 4 rings (SSSR count). The fourth-order valence-corrected chi connectivity index (χ4v) is 4.74. The number of hydrogen-bond acceptors (Lipinski definition) is 6. The third-order valence-corrected chi connectivity index (χ3v) is 6.71. The van der Waals surface area contributed by atoms with Gasteiger partial charge < -0.3 is 14.6 Å². The van der Waals surface area contributed by atoms with E-state index in [2.05, 4.69) is 17.0 Å². The number of aliphatic hydroxyl groups excluding tert-OH is 1. The SMILES string of the molecule is CC(C)(C)OC(=O)N(CC1CC(n2cc(C3=CCC(O)CC3)c(C3CC3)n2)C1)C(=O)OC(C)(C)C. The quantitative estimate of drug-likeness (QED) is 0.563. The Morgan fingerprint density at radius 1 is 1.06 bits per heavy atom. The summed E-state index contributed by atoms with van der Waals surface area (Å²) in [6.45, 7) is 11.0. The number of rotatable bonds is 5. The zero-order valence-corrected chi connectivity index (χ0v) is 22.0. The molecule has 1 aromatic rings. The summed E-state index contributed by atoms with van der Waals surface area (Å²) in [5.41, 5.74) is 2.34. The van der Waals surface area contributed by atoms with Gasteiger partial charge in [-0.15, -0.1) is 0 Å². The Morgan fingerprint density at radius 3 is 2.14 bits per heavy atom. The molecule has 3 aliphatic rings. The van der Waals surface area contributed by atoms with Crippen LogP contribution >= 0.6 is 0 Å². The molecule has 0 saturated heterocycles. The topological polar surface area (TPSA) is 93.9 Å². The van der Waals surface area contributed by atoms with Crippen molar-refractivity contribution in [1.82, 2.24) is 14.7 Å². The van der Waals surface area contributed by atoms with Crippen molar-refractivity contribution in [2.24, 2.45) is 5.92 Å². The van der Waals surface area contributed by atoms with Gasteiger partial charge >= 0.3 is 12.2 Å². The molecule has 8 nitrogen and oxygen atoms in total. The number of hydrogen-bond donors (Lipinski definition) is 1. The maximum atomic E-state index is 12.8. The summed E-state index contributed by atoms with van der Waals surface area (Å²) >= 11 is 0. The lowest BCUT2D eigenvalue weighted by Crippen LogP contribution is -2.47. The number of allylic oxidation sites excluding steroid dienone is 1. The smallest absolute Gasteiger partial charge is 0.419 e. The second-order valence-electron chi connectivity index (χ2n) is 12.4. The van der Waals surface area contributed by atoms with E-state index in [-0.39, 0.29) is 24.6 Å². The van der Waals surface area contributed by atoms with E-state index in [0.717, 1.165) is 30.6 Å². The van der Waals surface area contributed by atoms with Crippen LogP contribution in [0.4, 0.5) is 9.59 Å². The van der Waals surface area contributed by atoms with E-state index in [9.17, 15) is 14.7 Å². The zero-order valence-electron chi connectivity index (χ0n) is 22.0. The van der Waals surface area contributed by atoms with E-state index in [1.807, 2.05) is 0 Å². The van der Waals surface area contributed by atoms with Crippen LogP contribution in [0.3, 0.4) is 0 Å². The summed E-state index contributed by atoms with van der Waals surface area (Å²) in [7, 11) is 0. The summed E-state index contributed by atoms with van der Waals surface area (Å²) in [6.07, 6.45) is 9.24. The van der Waals surface area contributed by atoms with Crippen LogP contribution in [0.15, 0.2) is 12.3 Å². The molecular weight excluding hydrogens is 446 g/mol. The van der Waals surface area contributed by atoms with Gasteiger partial charge in [0, 0.05) is 24.2 Å². The van der Waals surface area contributed by atoms with Gasteiger partial charge in [0.15, 0.2) is 0 Å². The number of amides is 2. The highest BCUT2D eigenvalue weighted by molar-refractivity contribution is 5.88. The maximum Gasteiger partial charge on any atom is 0.419 e. The van der Waals surface area contributed by atoms with E-state index < -0.39 is 23.4 Å². The predicted octanol–water partition coefficient (Wildman–Crippen LogP) is 5.81. The highest BCUT2D eigenvalue weighted by Gasteiger charge is 2.39. The number of nitrogens with zero attached hydrogens (tertiary/aromatic N) is 3. The third-order valence-electron chi connectivity index (χ3n) is 6.71. The average molecular weight is 488 g/mol. The largest absolute Gasteiger partial charge is 0.443 e. The predicted molar refractivity (Wildman–Crippen MR) is 133 cm³/mol. The average Bonchev–Trinajstić information content (AvgIpc) is 3.44. The zero-order chi connectivity index (χ0) is 25.5. The first-order chi connectivity index (χ1) is 16.3. The molecule has 3 aliphatic carbocycles. The molecule has 8 heteroatoms. The third kappa shape index (κ3) is 6.66. The van der Waals surface area contributed by atoms with E-state index in [1.54, 1.807) is 41.5 Å². The summed E-state index contributed by atoms with van der Waals surface area (Å²) < 4.78 is 13.1. The minimum Gasteiger partial charge on any atom is -0.443 e. The first-order valence-electron chi connectivity index (χ1n) is 13.0. The van der Waals surface area contributed by atoms with Gasteiger partial charge in [0.05, 0.1) is 17.8 Å². The fraction of sp³-hybridized carbons (Fsp3) is 0.741. The Kier molecular flexibility index (Phi) is 7.06. The molecule has 1 aromatic heterocycles. The number of aliphatic hydroxyl groups is 1. The van der Waals surface area contributed by atoms with Crippen LogP contribution in [-0.2, 0) is 9.47 Å². The summed E-state index contributed by atoms with van der Waals surface area (Å²) in [6, 6.07) is 0.250. The van der Waals surface area contributed by atoms with Gasteiger partial charge in [0.1, 0.15) is 11.2 Å². The van der Waals surface area contributed by atoms with Crippen molar-refractivity contribution in [3.8, 4) is 0 Å². The molecule has 2 amide bonds. The van der Waals surface area contributed by atoms with E-state index in [1.165, 1.54) is 29.7 Å². The second-order valence-corrected chi connectivity index (χ2v) is 12.4. The lowest BCUT2D eigenvalue weighted by molar-refractivity contribution is -0.00642. The van der Waals surface area contributed by atoms with Crippen LogP contribution in [-0.4, -0.2) is 55.8 Å². The minimum absolute atomic E-state index is 0.168. The Balaban J connectivity index is 1.42. The Morgan fingerprint density at radius 2 is 1.66 bits per heavy atom. The summed E-state index contributed by atoms with van der Waals surface area (Å²) in [5.74, 6) is 0.714. The molecule has 2 fully saturated rings. The number of imide groups is 1. The first kappa shape index (κ1) is 25.7. The van der Waals surface area contributed by atoms with Crippen molar-refractivity contribution in [3.05, 3.63) is 23.5 Å². The molecule has 1 heterocycles. The molecule has 1 atom stereocenters. The highest BCUT2D eigenvalue weighted by atomic mass is 16.6. The van der Waals surface area contributed by atoms with Gasteiger partial charge in [-0.2, -0.15) is 5.10 Å². The molecule has 0 aliphatic heterocycles. The van der Waals surface area contributed by atoms with Crippen molar-refractivity contribution in [2.75, 3.05) is 6.54 Å². The molecule has 0 bridgehead atoms. The lowest BCUT2D eigenvalue weighted by Gasteiger charge is -2.38. The van der Waals surface area contributed by atoms with Gasteiger partial charge in [0.25, 0.3) is 0 Å². The Hall–Kier alpha value is -2.35. The van der Waals surface area contributed by atoms with E-state index in [0.29, 0.717) is 12.3 Å². The molecule has 35 heavy (non-hydrogen) atoms. The first-order valence-corrected chi connectivity index (χ1v) is 13.0. The number of carbonyl (C=O) groups is 2. The maximum absolute atomic E-state index is 12.8. The molecular formula is C27H41N3O5. The van der Waals surface area contributed by atoms with Crippen molar-refractivity contribution in [2.45, 2.75) is 116 Å². The normalized spacial score (nSPS) is 24.9. The molecule has 194 valence electrons. The molecule has 2 saturated carbocycles. The highest BCUT2D eigenvalue weighted by Crippen LogP contribution is 2.46. The molecule has 0 aromatic carbocycles. The second kappa shape index (κ2) is 9.60. The van der Waals surface area contributed by atoms with Crippen molar-refractivity contribution < 1.29 is 24.2 Å². The summed E-state index contributed by atoms with van der Waals surface area (Å²) in [5, 5.41) is 14.9. The van der Waals surface area contributed by atoms with Gasteiger partial charge in [-0.25, -0.2) is 14.5 Å². The summed E-state index contributed by atoms with van der Waals surface area (Å²) in [4.78, 5) is 26.7. The van der Waals surface area contributed by atoms with Crippen LogP contribution in [0, 0.1) is 5.92 Å².